The standard InChI is InChI=1S/C23H25N3O3/c1-16-7-8-21(29-2)20(13-16)26-15-18(14-22(26)27)23(28)24-10-12-25-11-9-17-5-3-4-6-19(17)25/h3-9,11,13,18H,10,12,14-15H2,1-2H3,(H,24,28). The minimum Gasteiger partial charge on any atom is -0.495 e. The number of fused-ring (bicyclic) bond motifs is 1. The summed E-state index contributed by atoms with van der Waals surface area (Å²) >= 11 is 0. The zero-order valence-corrected chi connectivity index (χ0v) is 16.7. The Morgan fingerprint density at radius 2 is 2.03 bits per heavy atom. The SMILES string of the molecule is COc1ccc(C)cc1N1CC(C(=O)NCCn2ccc3ccccc32)CC1=O. The number of carbonyl (C=O) groups excluding carboxylic acids is 2. The van der Waals surface area contributed by atoms with E-state index >= 15 is 0 Å². The van der Waals surface area contributed by atoms with Gasteiger partial charge in [-0.1, -0.05) is 24.3 Å². The van der Waals surface area contributed by atoms with Crippen LogP contribution in [-0.4, -0.2) is 36.6 Å². The third-order valence-corrected chi connectivity index (χ3v) is 5.45. The third kappa shape index (κ3) is 3.83. The quantitative estimate of drug-likeness (QED) is 0.702. The van der Waals surface area contributed by atoms with Gasteiger partial charge >= 0.3 is 0 Å². The predicted molar refractivity (Wildman–Crippen MR) is 113 cm³/mol. The molecule has 2 heterocycles. The Balaban J connectivity index is 1.38. The average Bonchev–Trinajstić information content (AvgIpc) is 3.31. The summed E-state index contributed by atoms with van der Waals surface area (Å²) in [6, 6.07) is 16.0. The van der Waals surface area contributed by atoms with Gasteiger partial charge in [0.2, 0.25) is 11.8 Å². The molecule has 0 bridgehead atoms. The molecule has 1 aromatic heterocycles. The smallest absolute Gasteiger partial charge is 0.227 e. The fourth-order valence-electron chi connectivity index (χ4n) is 3.91. The second kappa shape index (κ2) is 7.99. The molecule has 1 fully saturated rings. The summed E-state index contributed by atoms with van der Waals surface area (Å²) in [5.74, 6) is 0.160. The Morgan fingerprint density at radius 1 is 1.21 bits per heavy atom. The largest absolute Gasteiger partial charge is 0.495 e. The van der Waals surface area contributed by atoms with Crippen molar-refractivity contribution in [3.63, 3.8) is 0 Å². The molecule has 3 aromatic rings. The first-order chi connectivity index (χ1) is 14.1. The molecule has 29 heavy (non-hydrogen) atoms. The average molecular weight is 391 g/mol. The molecule has 6 heteroatoms. The zero-order chi connectivity index (χ0) is 20.4. The summed E-state index contributed by atoms with van der Waals surface area (Å²) in [5.41, 5.74) is 2.92. The summed E-state index contributed by atoms with van der Waals surface area (Å²) in [4.78, 5) is 26.9. The minimum absolute atomic E-state index is 0.0505. The number of aryl methyl sites for hydroxylation is 1. The van der Waals surface area contributed by atoms with E-state index in [0.29, 0.717) is 25.4 Å². The van der Waals surface area contributed by atoms with Gasteiger partial charge < -0.3 is 19.5 Å². The molecule has 1 aliphatic heterocycles. The van der Waals surface area contributed by atoms with E-state index in [-0.39, 0.29) is 24.2 Å². The second-order valence-electron chi connectivity index (χ2n) is 7.44. The summed E-state index contributed by atoms with van der Waals surface area (Å²) in [5, 5.41) is 4.17. The lowest BCUT2D eigenvalue weighted by Gasteiger charge is -2.20. The molecule has 150 valence electrons. The van der Waals surface area contributed by atoms with Crippen molar-refractivity contribution in [3.05, 3.63) is 60.3 Å². The van der Waals surface area contributed by atoms with E-state index in [1.165, 1.54) is 5.39 Å². The van der Waals surface area contributed by atoms with Gasteiger partial charge in [0, 0.05) is 37.8 Å². The first-order valence-corrected chi connectivity index (χ1v) is 9.83. The zero-order valence-electron chi connectivity index (χ0n) is 16.7. The van der Waals surface area contributed by atoms with Gasteiger partial charge in [-0.3, -0.25) is 9.59 Å². The molecule has 0 aliphatic carbocycles. The van der Waals surface area contributed by atoms with Crippen molar-refractivity contribution >= 4 is 28.4 Å². The predicted octanol–water partition coefficient (Wildman–Crippen LogP) is 3.13. The van der Waals surface area contributed by atoms with Crippen LogP contribution in [0.2, 0.25) is 0 Å². The van der Waals surface area contributed by atoms with Crippen LogP contribution in [0.5, 0.6) is 5.75 Å². The fraction of sp³-hybridized carbons (Fsp3) is 0.304. The maximum Gasteiger partial charge on any atom is 0.227 e. The van der Waals surface area contributed by atoms with Crippen molar-refractivity contribution in [1.29, 1.82) is 0 Å². The number of benzene rings is 2. The molecular formula is C23H25N3O3. The Bertz CT molecular complexity index is 1060. The van der Waals surface area contributed by atoms with Crippen molar-refractivity contribution < 1.29 is 14.3 Å². The highest BCUT2D eigenvalue weighted by molar-refractivity contribution is 6.01. The van der Waals surface area contributed by atoms with Crippen LogP contribution in [0.1, 0.15) is 12.0 Å². The number of nitrogens with one attached hydrogen (secondary N) is 1. The van der Waals surface area contributed by atoms with Crippen LogP contribution < -0.4 is 15.0 Å². The van der Waals surface area contributed by atoms with Gasteiger partial charge in [0.05, 0.1) is 18.7 Å². The lowest BCUT2D eigenvalue weighted by Crippen LogP contribution is -2.34. The van der Waals surface area contributed by atoms with Crippen molar-refractivity contribution in [2.75, 3.05) is 25.1 Å². The molecular weight excluding hydrogens is 366 g/mol. The number of para-hydroxylation sites is 1. The molecule has 6 nitrogen and oxygen atoms in total. The number of rotatable bonds is 6. The van der Waals surface area contributed by atoms with Gasteiger partial charge in [-0.2, -0.15) is 0 Å². The van der Waals surface area contributed by atoms with Gasteiger partial charge in [0.1, 0.15) is 5.75 Å². The molecule has 0 radical (unpaired) electrons. The summed E-state index contributed by atoms with van der Waals surface area (Å²) in [7, 11) is 1.59. The summed E-state index contributed by atoms with van der Waals surface area (Å²) in [6.45, 7) is 3.56. The van der Waals surface area contributed by atoms with Crippen LogP contribution in [0.15, 0.2) is 54.7 Å². The van der Waals surface area contributed by atoms with E-state index in [0.717, 1.165) is 16.8 Å². The topological polar surface area (TPSA) is 63.6 Å². The van der Waals surface area contributed by atoms with Gasteiger partial charge in [0.15, 0.2) is 0 Å². The van der Waals surface area contributed by atoms with E-state index in [2.05, 4.69) is 28.1 Å². The van der Waals surface area contributed by atoms with E-state index in [1.54, 1.807) is 12.0 Å². The number of anilines is 1. The van der Waals surface area contributed by atoms with E-state index < -0.39 is 0 Å². The monoisotopic (exact) mass is 391 g/mol. The summed E-state index contributed by atoms with van der Waals surface area (Å²) < 4.78 is 7.53. The highest BCUT2D eigenvalue weighted by Gasteiger charge is 2.36. The lowest BCUT2D eigenvalue weighted by molar-refractivity contribution is -0.126. The van der Waals surface area contributed by atoms with Crippen molar-refractivity contribution in [1.82, 2.24) is 9.88 Å². The van der Waals surface area contributed by atoms with E-state index in [9.17, 15) is 9.59 Å². The molecule has 2 aromatic carbocycles. The maximum absolute atomic E-state index is 12.7. The van der Waals surface area contributed by atoms with Gasteiger partial charge in [-0.15, -0.1) is 0 Å². The van der Waals surface area contributed by atoms with Crippen LogP contribution in [0.3, 0.4) is 0 Å². The highest BCUT2D eigenvalue weighted by atomic mass is 16.5. The number of hydrogen-bond acceptors (Lipinski definition) is 3. The Hall–Kier alpha value is -3.28. The molecule has 0 spiro atoms. The molecule has 1 saturated heterocycles. The van der Waals surface area contributed by atoms with Crippen LogP contribution in [0, 0.1) is 12.8 Å². The number of nitrogens with zero attached hydrogens (tertiary/aromatic N) is 2. The highest BCUT2D eigenvalue weighted by Crippen LogP contribution is 2.33. The number of carbonyl (C=O) groups is 2. The summed E-state index contributed by atoms with van der Waals surface area (Å²) in [6.07, 6.45) is 2.25. The fourth-order valence-corrected chi connectivity index (χ4v) is 3.91. The first kappa shape index (κ1) is 19.1. The molecule has 4 rings (SSSR count). The van der Waals surface area contributed by atoms with Gasteiger partial charge in [-0.25, -0.2) is 0 Å². The van der Waals surface area contributed by atoms with Gasteiger partial charge in [0.25, 0.3) is 0 Å². The minimum atomic E-state index is -0.353. The van der Waals surface area contributed by atoms with Crippen LogP contribution >= 0.6 is 0 Å². The van der Waals surface area contributed by atoms with Crippen LogP contribution in [-0.2, 0) is 16.1 Å². The van der Waals surface area contributed by atoms with Crippen molar-refractivity contribution in [2.45, 2.75) is 19.9 Å². The second-order valence-corrected chi connectivity index (χ2v) is 7.44. The molecule has 2 amide bonds. The van der Waals surface area contributed by atoms with Gasteiger partial charge in [-0.05, 0) is 42.1 Å². The third-order valence-electron chi connectivity index (χ3n) is 5.45. The Kier molecular flexibility index (Phi) is 5.25. The number of hydrogen-bond donors (Lipinski definition) is 1. The van der Waals surface area contributed by atoms with E-state index in [4.69, 9.17) is 4.74 Å². The molecule has 1 atom stereocenters. The van der Waals surface area contributed by atoms with Crippen molar-refractivity contribution in [2.24, 2.45) is 5.92 Å². The van der Waals surface area contributed by atoms with Crippen molar-refractivity contribution in [3.8, 4) is 5.75 Å². The lowest BCUT2D eigenvalue weighted by atomic mass is 10.1. The number of aromatic nitrogens is 1. The number of amides is 2. The molecule has 1 aliphatic rings. The Labute approximate surface area is 170 Å². The molecule has 0 saturated carbocycles. The van der Waals surface area contributed by atoms with E-state index in [1.807, 2.05) is 43.5 Å². The number of ether oxygens (including phenoxy) is 1. The van der Waals surface area contributed by atoms with Crippen LogP contribution in [0.4, 0.5) is 5.69 Å². The molecule has 1 N–H and O–H groups in total. The Morgan fingerprint density at radius 3 is 2.86 bits per heavy atom. The first-order valence-electron chi connectivity index (χ1n) is 9.83. The van der Waals surface area contributed by atoms with Crippen LogP contribution in [0.25, 0.3) is 10.9 Å². The maximum atomic E-state index is 12.7. The normalized spacial score (nSPS) is 16.4. The number of methoxy groups -OCH3 is 1. The molecule has 1 unspecified atom stereocenters.